The Kier molecular flexibility index (Phi) is 5.05. The summed E-state index contributed by atoms with van der Waals surface area (Å²) in [7, 11) is 0. The highest BCUT2D eigenvalue weighted by atomic mass is 16.6. The molecule has 3 nitrogen and oxygen atoms in total. The van der Waals surface area contributed by atoms with Gasteiger partial charge in [-0.05, 0) is 61.3 Å². The third-order valence-electron chi connectivity index (χ3n) is 4.05. The molecule has 20 heavy (non-hydrogen) atoms. The van der Waals surface area contributed by atoms with Crippen LogP contribution in [0.15, 0.2) is 18.2 Å². The van der Waals surface area contributed by atoms with Gasteiger partial charge < -0.3 is 9.47 Å². The van der Waals surface area contributed by atoms with Crippen molar-refractivity contribution in [2.24, 2.45) is 11.8 Å². The Morgan fingerprint density at radius 2 is 2.15 bits per heavy atom. The minimum absolute atomic E-state index is 0.0137. The van der Waals surface area contributed by atoms with Crippen LogP contribution < -0.4 is 4.74 Å². The van der Waals surface area contributed by atoms with Crippen molar-refractivity contribution in [2.45, 2.75) is 40.0 Å². The van der Waals surface area contributed by atoms with Crippen molar-refractivity contribution in [3.05, 3.63) is 29.3 Å². The smallest absolute Gasteiger partial charge is 0.344 e. The molecule has 2 rings (SSSR count). The molecule has 0 aliphatic heterocycles. The zero-order valence-electron chi connectivity index (χ0n) is 12.6. The lowest BCUT2D eigenvalue weighted by atomic mass is 9.78. The zero-order valence-corrected chi connectivity index (χ0v) is 12.6. The second-order valence-electron chi connectivity index (χ2n) is 5.77. The molecule has 1 aliphatic rings. The summed E-state index contributed by atoms with van der Waals surface area (Å²) in [5.74, 6) is 1.92. The lowest BCUT2D eigenvalue weighted by Crippen LogP contribution is -2.19. The highest BCUT2D eigenvalue weighted by Crippen LogP contribution is 2.32. The molecule has 0 spiro atoms. The van der Waals surface area contributed by atoms with Crippen LogP contribution in [0.1, 0.15) is 38.3 Å². The maximum Gasteiger partial charge on any atom is 0.344 e. The van der Waals surface area contributed by atoms with E-state index in [1.165, 1.54) is 17.5 Å². The lowest BCUT2D eigenvalue weighted by molar-refractivity contribution is -0.145. The second kappa shape index (κ2) is 6.78. The first kappa shape index (κ1) is 14.9. The first-order valence-corrected chi connectivity index (χ1v) is 7.50. The van der Waals surface area contributed by atoms with Crippen LogP contribution in [0.5, 0.6) is 5.75 Å². The van der Waals surface area contributed by atoms with Crippen molar-refractivity contribution >= 4 is 5.97 Å². The lowest BCUT2D eigenvalue weighted by Gasteiger charge is -2.27. The van der Waals surface area contributed by atoms with E-state index >= 15 is 0 Å². The van der Waals surface area contributed by atoms with Gasteiger partial charge in [-0.1, -0.05) is 19.9 Å². The minimum atomic E-state index is -0.315. The summed E-state index contributed by atoms with van der Waals surface area (Å²) < 4.78 is 10.4. The molecular formula is C17H24O3. The number of esters is 1. The molecule has 0 saturated heterocycles. The number of benzene rings is 1. The normalized spacial score (nSPS) is 17.7. The topological polar surface area (TPSA) is 35.5 Å². The molecule has 0 amide bonds. The largest absolute Gasteiger partial charge is 0.482 e. The van der Waals surface area contributed by atoms with Gasteiger partial charge in [0.2, 0.25) is 0 Å². The zero-order chi connectivity index (χ0) is 14.5. The number of carbonyl (C=O) groups excluding carboxylic acids is 1. The highest BCUT2D eigenvalue weighted by Gasteiger charge is 2.21. The summed E-state index contributed by atoms with van der Waals surface area (Å²) in [6, 6.07) is 6.17. The number of hydrogen-bond donors (Lipinski definition) is 0. The standard InChI is InChI=1S/C17H24O3/c1-4-19-17(18)11-20-16-8-7-13-5-6-14(12(2)3)9-15(13)10-16/h7-8,10,12,14H,4-6,9,11H2,1-3H3. The fourth-order valence-electron chi connectivity index (χ4n) is 2.77. The monoisotopic (exact) mass is 276 g/mol. The Balaban J connectivity index is 2.00. The van der Waals surface area contributed by atoms with Crippen LogP contribution in [0.3, 0.4) is 0 Å². The molecule has 0 saturated carbocycles. The second-order valence-corrected chi connectivity index (χ2v) is 5.77. The van der Waals surface area contributed by atoms with Crippen LogP contribution in [0.25, 0.3) is 0 Å². The summed E-state index contributed by atoms with van der Waals surface area (Å²) in [6.07, 6.45) is 3.54. The predicted octanol–water partition coefficient (Wildman–Crippen LogP) is 3.39. The molecule has 1 aliphatic carbocycles. The molecule has 0 bridgehead atoms. The van der Waals surface area contributed by atoms with Gasteiger partial charge in [-0.25, -0.2) is 4.79 Å². The van der Waals surface area contributed by atoms with Gasteiger partial charge >= 0.3 is 5.97 Å². The van der Waals surface area contributed by atoms with E-state index in [-0.39, 0.29) is 12.6 Å². The van der Waals surface area contributed by atoms with E-state index in [9.17, 15) is 4.79 Å². The predicted molar refractivity (Wildman–Crippen MR) is 78.9 cm³/mol. The Morgan fingerprint density at radius 1 is 1.35 bits per heavy atom. The van der Waals surface area contributed by atoms with Crippen LogP contribution in [0, 0.1) is 11.8 Å². The van der Waals surface area contributed by atoms with Gasteiger partial charge in [0, 0.05) is 0 Å². The molecule has 3 heteroatoms. The van der Waals surface area contributed by atoms with Gasteiger partial charge in [-0.3, -0.25) is 0 Å². The van der Waals surface area contributed by atoms with E-state index in [1.54, 1.807) is 6.92 Å². The van der Waals surface area contributed by atoms with Crippen molar-refractivity contribution in [3.63, 3.8) is 0 Å². The maximum atomic E-state index is 11.3. The molecule has 1 aromatic carbocycles. The molecule has 0 N–H and O–H groups in total. The molecule has 0 radical (unpaired) electrons. The van der Waals surface area contributed by atoms with E-state index in [2.05, 4.69) is 26.0 Å². The van der Waals surface area contributed by atoms with Crippen LogP contribution in [0.4, 0.5) is 0 Å². The third kappa shape index (κ3) is 3.75. The molecule has 1 unspecified atom stereocenters. The van der Waals surface area contributed by atoms with Gasteiger partial charge in [0.15, 0.2) is 6.61 Å². The van der Waals surface area contributed by atoms with Crippen LogP contribution >= 0.6 is 0 Å². The van der Waals surface area contributed by atoms with Crippen molar-refractivity contribution in [1.29, 1.82) is 0 Å². The van der Waals surface area contributed by atoms with Crippen LogP contribution in [-0.2, 0) is 22.4 Å². The van der Waals surface area contributed by atoms with Gasteiger partial charge in [0.05, 0.1) is 6.61 Å². The van der Waals surface area contributed by atoms with Gasteiger partial charge in [-0.2, -0.15) is 0 Å². The van der Waals surface area contributed by atoms with Crippen LogP contribution in [-0.4, -0.2) is 19.2 Å². The molecule has 1 atom stereocenters. The summed E-state index contributed by atoms with van der Waals surface area (Å²) in [5.41, 5.74) is 2.79. The van der Waals surface area contributed by atoms with Gasteiger partial charge in [-0.15, -0.1) is 0 Å². The summed E-state index contributed by atoms with van der Waals surface area (Å²) in [5, 5.41) is 0. The van der Waals surface area contributed by atoms with E-state index in [0.29, 0.717) is 12.5 Å². The molecule has 0 aromatic heterocycles. The summed E-state index contributed by atoms with van der Waals surface area (Å²) in [4.78, 5) is 11.3. The van der Waals surface area contributed by atoms with Crippen molar-refractivity contribution in [3.8, 4) is 5.75 Å². The van der Waals surface area contributed by atoms with E-state index in [4.69, 9.17) is 9.47 Å². The third-order valence-corrected chi connectivity index (χ3v) is 4.05. The van der Waals surface area contributed by atoms with E-state index < -0.39 is 0 Å². The van der Waals surface area contributed by atoms with Gasteiger partial charge in [0.25, 0.3) is 0 Å². The first-order chi connectivity index (χ1) is 9.60. The molecule has 1 aromatic rings. The van der Waals surface area contributed by atoms with Crippen molar-refractivity contribution in [2.75, 3.05) is 13.2 Å². The highest BCUT2D eigenvalue weighted by molar-refractivity contribution is 5.71. The van der Waals surface area contributed by atoms with E-state index in [0.717, 1.165) is 24.5 Å². The number of fused-ring (bicyclic) bond motifs is 1. The Labute approximate surface area is 121 Å². The average molecular weight is 276 g/mol. The van der Waals surface area contributed by atoms with Crippen LogP contribution in [0.2, 0.25) is 0 Å². The Hall–Kier alpha value is -1.51. The number of rotatable bonds is 5. The SMILES string of the molecule is CCOC(=O)COc1ccc2c(c1)CC(C(C)C)CC2. The molecule has 110 valence electrons. The number of ether oxygens (including phenoxy) is 2. The van der Waals surface area contributed by atoms with Crippen molar-refractivity contribution < 1.29 is 14.3 Å². The molecule has 0 fully saturated rings. The summed E-state index contributed by atoms with van der Waals surface area (Å²) in [6.45, 7) is 6.75. The minimum Gasteiger partial charge on any atom is -0.482 e. The number of carbonyl (C=O) groups is 1. The maximum absolute atomic E-state index is 11.3. The molecular weight excluding hydrogens is 252 g/mol. The molecule has 0 heterocycles. The fraction of sp³-hybridized carbons (Fsp3) is 0.588. The fourth-order valence-corrected chi connectivity index (χ4v) is 2.77. The van der Waals surface area contributed by atoms with Gasteiger partial charge in [0.1, 0.15) is 5.75 Å². The quantitative estimate of drug-likeness (QED) is 0.773. The number of hydrogen-bond acceptors (Lipinski definition) is 3. The van der Waals surface area contributed by atoms with E-state index in [1.807, 2.05) is 6.07 Å². The summed E-state index contributed by atoms with van der Waals surface area (Å²) >= 11 is 0. The van der Waals surface area contributed by atoms with Crippen molar-refractivity contribution in [1.82, 2.24) is 0 Å². The Bertz CT molecular complexity index is 465. The Morgan fingerprint density at radius 3 is 2.85 bits per heavy atom. The number of aryl methyl sites for hydroxylation is 1. The average Bonchev–Trinajstić information content (AvgIpc) is 2.44. The first-order valence-electron chi connectivity index (χ1n) is 7.50.